The van der Waals surface area contributed by atoms with Crippen molar-refractivity contribution in [3.8, 4) is 0 Å². The van der Waals surface area contributed by atoms with Crippen molar-refractivity contribution in [3.05, 3.63) is 35.4 Å². The number of Topliss-reactive ketones (excluding diaryl/α,β-unsaturated/α-hetero) is 1. The zero-order valence-electron chi connectivity index (χ0n) is 8.34. The summed E-state index contributed by atoms with van der Waals surface area (Å²) in [6.45, 7) is 4.09. The number of aryl methyl sites for hydroxylation is 1. The molecule has 0 heterocycles. The van der Waals surface area contributed by atoms with Gasteiger partial charge in [0, 0.05) is 12.8 Å². The first kappa shape index (κ1) is 9.97. The van der Waals surface area contributed by atoms with Crippen molar-refractivity contribution in [2.24, 2.45) is 0 Å². The van der Waals surface area contributed by atoms with Crippen LogP contribution in [-0.4, -0.2) is 5.78 Å². The average Bonchev–Trinajstić information content (AvgIpc) is 2.09. The van der Waals surface area contributed by atoms with E-state index < -0.39 is 0 Å². The second-order valence-corrected chi connectivity index (χ2v) is 3.39. The highest BCUT2D eigenvalue weighted by atomic mass is 16.1. The molecule has 0 saturated heterocycles. The molecule has 1 aromatic carbocycles. The van der Waals surface area contributed by atoms with Gasteiger partial charge in [0.2, 0.25) is 0 Å². The van der Waals surface area contributed by atoms with Crippen LogP contribution in [0.25, 0.3) is 0 Å². The lowest BCUT2D eigenvalue weighted by atomic mass is 10.0. The molecule has 0 saturated carbocycles. The fourth-order valence-electron chi connectivity index (χ4n) is 1.39. The van der Waals surface area contributed by atoms with Gasteiger partial charge in [0.25, 0.3) is 0 Å². The topological polar surface area (TPSA) is 17.1 Å². The lowest BCUT2D eigenvalue weighted by molar-refractivity contribution is -0.118. The fourth-order valence-corrected chi connectivity index (χ4v) is 1.39. The van der Waals surface area contributed by atoms with E-state index in [4.69, 9.17) is 0 Å². The second-order valence-electron chi connectivity index (χ2n) is 3.39. The maximum atomic E-state index is 11.4. The van der Waals surface area contributed by atoms with Gasteiger partial charge in [-0.25, -0.2) is 0 Å². The summed E-state index contributed by atoms with van der Waals surface area (Å²) in [5.74, 6) is 0.344. The molecule has 0 aliphatic carbocycles. The van der Waals surface area contributed by atoms with E-state index in [0.29, 0.717) is 18.6 Å². The molecule has 0 radical (unpaired) electrons. The SMILES string of the molecule is CCCC(=O)Cc1ccccc1C. The summed E-state index contributed by atoms with van der Waals surface area (Å²) in [4.78, 5) is 11.4. The van der Waals surface area contributed by atoms with E-state index in [9.17, 15) is 4.79 Å². The van der Waals surface area contributed by atoms with Gasteiger partial charge in [0.15, 0.2) is 0 Å². The van der Waals surface area contributed by atoms with Crippen molar-refractivity contribution >= 4 is 5.78 Å². The van der Waals surface area contributed by atoms with Gasteiger partial charge < -0.3 is 0 Å². The van der Waals surface area contributed by atoms with Crippen molar-refractivity contribution in [2.75, 3.05) is 0 Å². The summed E-state index contributed by atoms with van der Waals surface area (Å²) < 4.78 is 0. The molecule has 1 rings (SSSR count). The van der Waals surface area contributed by atoms with Crippen LogP contribution in [0.2, 0.25) is 0 Å². The average molecular weight is 176 g/mol. The summed E-state index contributed by atoms with van der Waals surface area (Å²) in [5, 5.41) is 0. The molecule has 1 heteroatoms. The standard InChI is InChI=1S/C12H16O/c1-3-6-12(13)9-11-8-5-4-7-10(11)2/h4-5,7-8H,3,6,9H2,1-2H3. The summed E-state index contributed by atoms with van der Waals surface area (Å²) in [5.41, 5.74) is 2.38. The smallest absolute Gasteiger partial charge is 0.137 e. The van der Waals surface area contributed by atoms with Gasteiger partial charge in [-0.15, -0.1) is 0 Å². The molecule has 0 spiro atoms. The van der Waals surface area contributed by atoms with Crippen LogP contribution in [0.4, 0.5) is 0 Å². The van der Waals surface area contributed by atoms with Crippen LogP contribution in [-0.2, 0) is 11.2 Å². The third kappa shape index (κ3) is 3.02. The Morgan fingerprint density at radius 1 is 1.31 bits per heavy atom. The number of hydrogen-bond acceptors (Lipinski definition) is 1. The van der Waals surface area contributed by atoms with Crippen LogP contribution < -0.4 is 0 Å². The minimum Gasteiger partial charge on any atom is -0.299 e. The Kier molecular flexibility index (Phi) is 3.69. The lowest BCUT2D eigenvalue weighted by Crippen LogP contribution is -2.02. The van der Waals surface area contributed by atoms with Crippen LogP contribution in [0, 0.1) is 6.92 Å². The van der Waals surface area contributed by atoms with E-state index in [1.54, 1.807) is 0 Å². The quantitative estimate of drug-likeness (QED) is 0.689. The molecular formula is C12H16O. The molecule has 13 heavy (non-hydrogen) atoms. The molecule has 1 aromatic rings. The lowest BCUT2D eigenvalue weighted by Gasteiger charge is -2.03. The fraction of sp³-hybridized carbons (Fsp3) is 0.417. The molecular weight excluding hydrogens is 160 g/mol. The Hall–Kier alpha value is -1.11. The normalized spacial score (nSPS) is 10.0. The van der Waals surface area contributed by atoms with E-state index in [1.807, 2.05) is 25.1 Å². The first-order valence-corrected chi connectivity index (χ1v) is 4.80. The van der Waals surface area contributed by atoms with Gasteiger partial charge in [0.05, 0.1) is 0 Å². The number of carbonyl (C=O) groups is 1. The van der Waals surface area contributed by atoms with Crippen LogP contribution in [0.1, 0.15) is 30.9 Å². The molecule has 0 aliphatic heterocycles. The third-order valence-electron chi connectivity index (χ3n) is 2.18. The Bertz CT molecular complexity index is 289. The molecule has 1 nitrogen and oxygen atoms in total. The minimum absolute atomic E-state index is 0.344. The van der Waals surface area contributed by atoms with E-state index in [2.05, 4.69) is 13.0 Å². The Morgan fingerprint density at radius 3 is 2.62 bits per heavy atom. The first-order chi connectivity index (χ1) is 6.24. The zero-order valence-corrected chi connectivity index (χ0v) is 8.34. The zero-order chi connectivity index (χ0) is 9.68. The van der Waals surface area contributed by atoms with E-state index in [1.165, 1.54) is 11.1 Å². The summed E-state index contributed by atoms with van der Waals surface area (Å²) in [6, 6.07) is 8.07. The molecule has 0 amide bonds. The predicted molar refractivity (Wildman–Crippen MR) is 54.8 cm³/mol. The van der Waals surface area contributed by atoms with Crippen LogP contribution in [0.3, 0.4) is 0 Å². The van der Waals surface area contributed by atoms with Crippen LogP contribution in [0.5, 0.6) is 0 Å². The largest absolute Gasteiger partial charge is 0.299 e. The molecule has 0 atom stereocenters. The molecule has 0 bridgehead atoms. The Balaban J connectivity index is 2.63. The van der Waals surface area contributed by atoms with Crippen molar-refractivity contribution < 1.29 is 4.79 Å². The second kappa shape index (κ2) is 4.80. The monoisotopic (exact) mass is 176 g/mol. The maximum absolute atomic E-state index is 11.4. The van der Waals surface area contributed by atoms with Crippen molar-refractivity contribution in [1.29, 1.82) is 0 Å². The number of rotatable bonds is 4. The molecule has 0 unspecified atom stereocenters. The number of carbonyl (C=O) groups excluding carboxylic acids is 1. The van der Waals surface area contributed by atoms with Gasteiger partial charge in [-0.1, -0.05) is 31.2 Å². The third-order valence-corrected chi connectivity index (χ3v) is 2.18. The highest BCUT2D eigenvalue weighted by molar-refractivity contribution is 5.81. The molecule has 0 fully saturated rings. The van der Waals surface area contributed by atoms with Gasteiger partial charge >= 0.3 is 0 Å². The van der Waals surface area contributed by atoms with E-state index in [0.717, 1.165) is 6.42 Å². The van der Waals surface area contributed by atoms with Gasteiger partial charge in [0.1, 0.15) is 5.78 Å². The minimum atomic E-state index is 0.344. The van der Waals surface area contributed by atoms with E-state index >= 15 is 0 Å². The predicted octanol–water partition coefficient (Wildman–Crippen LogP) is 2.91. The maximum Gasteiger partial charge on any atom is 0.137 e. The highest BCUT2D eigenvalue weighted by Crippen LogP contribution is 2.09. The molecule has 0 aromatic heterocycles. The molecule has 0 aliphatic rings. The van der Waals surface area contributed by atoms with Crippen molar-refractivity contribution in [1.82, 2.24) is 0 Å². The number of hydrogen-bond donors (Lipinski definition) is 0. The highest BCUT2D eigenvalue weighted by Gasteiger charge is 2.03. The molecule has 0 N–H and O–H groups in total. The summed E-state index contributed by atoms with van der Waals surface area (Å²) >= 11 is 0. The van der Waals surface area contributed by atoms with Crippen molar-refractivity contribution in [3.63, 3.8) is 0 Å². The van der Waals surface area contributed by atoms with Crippen LogP contribution in [0.15, 0.2) is 24.3 Å². The first-order valence-electron chi connectivity index (χ1n) is 4.80. The number of ketones is 1. The van der Waals surface area contributed by atoms with Crippen molar-refractivity contribution in [2.45, 2.75) is 33.1 Å². The summed E-state index contributed by atoms with van der Waals surface area (Å²) in [7, 11) is 0. The van der Waals surface area contributed by atoms with Gasteiger partial charge in [-0.3, -0.25) is 4.79 Å². The van der Waals surface area contributed by atoms with E-state index in [-0.39, 0.29) is 0 Å². The van der Waals surface area contributed by atoms with Gasteiger partial charge in [-0.05, 0) is 24.5 Å². The Morgan fingerprint density at radius 2 is 2.00 bits per heavy atom. The van der Waals surface area contributed by atoms with Gasteiger partial charge in [-0.2, -0.15) is 0 Å². The van der Waals surface area contributed by atoms with Crippen LogP contribution >= 0.6 is 0 Å². The number of benzene rings is 1. The Labute approximate surface area is 79.8 Å². The molecule has 70 valence electrons. The summed E-state index contributed by atoms with van der Waals surface area (Å²) in [6.07, 6.45) is 2.25.